The lowest BCUT2D eigenvalue weighted by Gasteiger charge is -2.35. The molecule has 1 aliphatic rings. The molecule has 1 fully saturated rings. The zero-order valence-electron chi connectivity index (χ0n) is 19.9. The van der Waals surface area contributed by atoms with Gasteiger partial charge in [0.25, 0.3) is 5.56 Å². The van der Waals surface area contributed by atoms with Gasteiger partial charge in [0.05, 0.1) is 19.6 Å². The monoisotopic (exact) mass is 451 g/mol. The maximum absolute atomic E-state index is 13.1. The van der Waals surface area contributed by atoms with Gasteiger partial charge < -0.3 is 20.1 Å². The highest BCUT2D eigenvalue weighted by atomic mass is 16.2. The average Bonchev–Trinajstić information content (AvgIpc) is 3.43. The molecule has 3 heterocycles. The molecule has 0 atom stereocenters. The summed E-state index contributed by atoms with van der Waals surface area (Å²) in [6.07, 6.45) is 6.00. The first-order chi connectivity index (χ1) is 15.8. The number of amides is 1. The minimum atomic E-state index is -0.249. The van der Waals surface area contributed by atoms with Crippen LogP contribution in [0.4, 0.5) is 5.82 Å². The van der Waals surface area contributed by atoms with Crippen LogP contribution in [0.2, 0.25) is 0 Å². The molecule has 1 aliphatic heterocycles. The van der Waals surface area contributed by atoms with Gasteiger partial charge in [0.15, 0.2) is 12.5 Å². The quantitative estimate of drug-likeness (QED) is 0.436. The number of carbonyl (C=O) groups excluding carboxylic acids is 1. The van der Waals surface area contributed by atoms with E-state index in [1.807, 2.05) is 30.5 Å². The molecule has 8 heteroatoms. The Morgan fingerprint density at radius 3 is 2.79 bits per heavy atom. The highest BCUT2D eigenvalue weighted by Crippen LogP contribution is 2.21. The molecule has 8 nitrogen and oxygen atoms in total. The third kappa shape index (κ3) is 5.45. The summed E-state index contributed by atoms with van der Waals surface area (Å²) in [4.78, 5) is 33.2. The van der Waals surface area contributed by atoms with Gasteiger partial charge in [0, 0.05) is 48.9 Å². The lowest BCUT2D eigenvalue weighted by molar-refractivity contribution is -0.916. The topological polar surface area (TPSA) is 91.8 Å². The SMILES string of the molecule is Cc1cnc(NC[N+]2(CC(C)C)CCCC2)c(=O)n1CC(=O)NCc1ccc2[nH]ccc2c1. The van der Waals surface area contributed by atoms with E-state index in [1.54, 1.807) is 13.1 Å². The molecule has 0 unspecified atom stereocenters. The van der Waals surface area contributed by atoms with Crippen molar-refractivity contribution in [1.82, 2.24) is 19.9 Å². The van der Waals surface area contributed by atoms with Gasteiger partial charge in [0.1, 0.15) is 6.54 Å². The van der Waals surface area contributed by atoms with Crippen LogP contribution < -0.4 is 16.2 Å². The molecule has 0 saturated carbocycles. The number of nitrogens with one attached hydrogen (secondary N) is 3. The summed E-state index contributed by atoms with van der Waals surface area (Å²) in [6.45, 7) is 10.7. The predicted octanol–water partition coefficient (Wildman–Crippen LogP) is 2.99. The molecule has 0 aliphatic carbocycles. The molecule has 176 valence electrons. The van der Waals surface area contributed by atoms with Gasteiger partial charge >= 0.3 is 0 Å². The number of carbonyl (C=O) groups is 1. The molecule has 33 heavy (non-hydrogen) atoms. The van der Waals surface area contributed by atoms with Crippen molar-refractivity contribution in [2.24, 2.45) is 5.92 Å². The number of anilines is 1. The number of hydrogen-bond donors (Lipinski definition) is 3. The second-order valence-corrected chi connectivity index (χ2v) is 9.72. The first kappa shape index (κ1) is 23.0. The third-order valence-electron chi connectivity index (χ3n) is 6.51. The molecule has 3 N–H and O–H groups in total. The molecule has 1 aromatic carbocycles. The Kier molecular flexibility index (Phi) is 6.83. The van der Waals surface area contributed by atoms with Crippen LogP contribution in [0.5, 0.6) is 0 Å². The zero-order chi connectivity index (χ0) is 23.4. The molecular formula is C25H35N6O2+. The van der Waals surface area contributed by atoms with E-state index in [2.05, 4.69) is 34.4 Å². The van der Waals surface area contributed by atoms with Crippen molar-refractivity contribution < 1.29 is 9.28 Å². The van der Waals surface area contributed by atoms with Crippen LogP contribution in [-0.2, 0) is 17.9 Å². The minimum Gasteiger partial charge on any atom is -0.361 e. The minimum absolute atomic E-state index is 0.0275. The van der Waals surface area contributed by atoms with Gasteiger partial charge in [-0.3, -0.25) is 14.2 Å². The van der Waals surface area contributed by atoms with Crippen LogP contribution in [0, 0.1) is 12.8 Å². The van der Waals surface area contributed by atoms with Crippen LogP contribution in [0.3, 0.4) is 0 Å². The Bertz CT molecular complexity index is 1170. The summed E-state index contributed by atoms with van der Waals surface area (Å²) in [7, 11) is 0. The smallest absolute Gasteiger partial charge is 0.294 e. The van der Waals surface area contributed by atoms with Crippen molar-refractivity contribution in [3.63, 3.8) is 0 Å². The van der Waals surface area contributed by atoms with Crippen LogP contribution >= 0.6 is 0 Å². The van der Waals surface area contributed by atoms with Crippen LogP contribution in [0.1, 0.15) is 37.9 Å². The van der Waals surface area contributed by atoms with Crippen molar-refractivity contribution in [3.05, 3.63) is 58.3 Å². The number of aryl methyl sites for hydroxylation is 1. The number of aromatic nitrogens is 3. The Labute approximate surface area is 194 Å². The van der Waals surface area contributed by atoms with Gasteiger partial charge in [-0.15, -0.1) is 0 Å². The largest absolute Gasteiger partial charge is 0.361 e. The number of aromatic amines is 1. The number of H-pyrrole nitrogens is 1. The molecule has 0 bridgehead atoms. The maximum Gasteiger partial charge on any atom is 0.294 e. The van der Waals surface area contributed by atoms with E-state index in [4.69, 9.17) is 0 Å². The Morgan fingerprint density at radius 1 is 1.24 bits per heavy atom. The number of likely N-dealkylation sites (tertiary alicyclic amines) is 1. The number of nitrogens with zero attached hydrogens (tertiary/aromatic N) is 3. The molecule has 1 amide bonds. The summed E-state index contributed by atoms with van der Waals surface area (Å²) < 4.78 is 2.47. The second kappa shape index (κ2) is 9.79. The molecule has 1 saturated heterocycles. The van der Waals surface area contributed by atoms with Crippen LogP contribution in [0.25, 0.3) is 10.9 Å². The fraction of sp³-hybridized carbons (Fsp3) is 0.480. The number of quaternary nitrogens is 1. The predicted molar refractivity (Wildman–Crippen MR) is 131 cm³/mol. The highest BCUT2D eigenvalue weighted by Gasteiger charge is 2.32. The summed E-state index contributed by atoms with van der Waals surface area (Å²) in [6, 6.07) is 8.04. The average molecular weight is 452 g/mol. The van der Waals surface area contributed by atoms with Gasteiger partial charge in [-0.2, -0.15) is 0 Å². The van der Waals surface area contributed by atoms with Crippen LogP contribution in [0.15, 0.2) is 41.5 Å². The number of fused-ring (bicyclic) bond motifs is 1. The van der Waals surface area contributed by atoms with Gasteiger partial charge in [-0.05, 0) is 36.1 Å². The number of rotatable bonds is 9. The maximum atomic E-state index is 13.1. The van der Waals surface area contributed by atoms with E-state index in [1.165, 1.54) is 17.4 Å². The summed E-state index contributed by atoms with van der Waals surface area (Å²) in [5, 5.41) is 7.34. The normalized spacial score (nSPS) is 15.3. The second-order valence-electron chi connectivity index (χ2n) is 9.72. The fourth-order valence-corrected chi connectivity index (χ4v) is 4.93. The summed E-state index contributed by atoms with van der Waals surface area (Å²) in [5.41, 5.74) is 2.50. The summed E-state index contributed by atoms with van der Waals surface area (Å²) >= 11 is 0. The molecular weight excluding hydrogens is 416 g/mol. The Hall–Kier alpha value is -3.13. The van der Waals surface area contributed by atoms with Crippen molar-refractivity contribution in [2.75, 3.05) is 31.6 Å². The van der Waals surface area contributed by atoms with E-state index in [0.29, 0.717) is 30.6 Å². The van der Waals surface area contributed by atoms with E-state index in [9.17, 15) is 9.59 Å². The standard InChI is InChI=1S/C25H34N6O2/c1-18(2)16-31(10-4-5-11-31)17-29-24-25(33)30(19(3)13-28-24)15-23(32)27-14-20-6-7-22-21(12-20)8-9-26-22/h6-9,12-13,18,26H,4-5,10-11,14-17H2,1-3H3,(H-,27,28,29,32)/p+1. The van der Waals surface area contributed by atoms with Crippen molar-refractivity contribution in [1.29, 1.82) is 0 Å². The fourth-order valence-electron chi connectivity index (χ4n) is 4.93. The number of benzene rings is 1. The van der Waals surface area contributed by atoms with Crippen LogP contribution in [-0.4, -0.2) is 51.2 Å². The van der Waals surface area contributed by atoms with Gasteiger partial charge in [-0.1, -0.05) is 19.9 Å². The van der Waals surface area contributed by atoms with E-state index >= 15 is 0 Å². The summed E-state index contributed by atoms with van der Waals surface area (Å²) in [5.74, 6) is 0.711. The Morgan fingerprint density at radius 2 is 2.03 bits per heavy atom. The first-order valence-corrected chi connectivity index (χ1v) is 11.8. The van der Waals surface area contributed by atoms with Crippen molar-refractivity contribution in [3.8, 4) is 0 Å². The lowest BCUT2D eigenvalue weighted by atomic mass is 10.1. The van der Waals surface area contributed by atoms with E-state index < -0.39 is 0 Å². The van der Waals surface area contributed by atoms with Crippen molar-refractivity contribution >= 4 is 22.6 Å². The first-order valence-electron chi connectivity index (χ1n) is 11.8. The highest BCUT2D eigenvalue weighted by molar-refractivity contribution is 5.80. The molecule has 3 aromatic rings. The van der Waals surface area contributed by atoms with Gasteiger partial charge in [0.2, 0.25) is 5.91 Å². The third-order valence-corrected chi connectivity index (χ3v) is 6.51. The zero-order valence-corrected chi connectivity index (χ0v) is 19.9. The number of hydrogen-bond acceptors (Lipinski definition) is 4. The van der Waals surface area contributed by atoms with Gasteiger partial charge in [-0.25, -0.2) is 4.98 Å². The lowest BCUT2D eigenvalue weighted by Crippen LogP contribution is -2.51. The van der Waals surface area contributed by atoms with E-state index in [0.717, 1.165) is 40.6 Å². The molecule has 0 radical (unpaired) electrons. The molecule has 0 spiro atoms. The Balaban J connectivity index is 1.40. The molecule has 4 rings (SSSR count). The van der Waals surface area contributed by atoms with Crippen molar-refractivity contribution in [2.45, 2.75) is 46.7 Å². The molecule has 2 aromatic heterocycles. The van der Waals surface area contributed by atoms with E-state index in [-0.39, 0.29) is 18.0 Å².